The highest BCUT2D eigenvalue weighted by atomic mass is 16.5. The number of aliphatic carboxylic acids is 1. The molecule has 0 rings (SSSR count). The number of methoxy groups -OCH3 is 1. The Morgan fingerprint density at radius 3 is 2.60 bits per heavy atom. The molecule has 56 valence electrons. The molecule has 0 radical (unpaired) electrons. The summed E-state index contributed by atoms with van der Waals surface area (Å²) in [4.78, 5) is 20.2. The first-order chi connectivity index (χ1) is 4.66. The molecule has 0 amide bonds. The molecule has 4 heteroatoms. The predicted molar refractivity (Wildman–Crippen MR) is 33.4 cm³/mol. The number of carbonyl (C=O) groups is 2. The first kappa shape index (κ1) is 8.68. The number of carboxylic acid groups (broad SMARTS) is 1. The van der Waals surface area contributed by atoms with E-state index in [1.165, 1.54) is 13.2 Å². The van der Waals surface area contributed by atoms with E-state index in [1.807, 2.05) is 0 Å². The topological polar surface area (TPSA) is 63.6 Å². The average Bonchev–Trinajstić information content (AvgIpc) is 1.87. The van der Waals surface area contributed by atoms with Gasteiger partial charge in [0.25, 0.3) is 0 Å². The number of carbonyl (C=O) groups excluding carboxylic acids is 1. The van der Waals surface area contributed by atoms with Gasteiger partial charge in [-0.3, -0.25) is 4.79 Å². The summed E-state index contributed by atoms with van der Waals surface area (Å²) < 4.78 is 4.21. The number of ether oxygens (including phenoxy) is 1. The second kappa shape index (κ2) is 4.55. The van der Waals surface area contributed by atoms with Gasteiger partial charge in [0.2, 0.25) is 0 Å². The molecule has 0 unspecified atom stereocenters. The van der Waals surface area contributed by atoms with E-state index in [0.717, 1.165) is 6.08 Å². The monoisotopic (exact) mass is 144 g/mol. The predicted octanol–water partition coefficient (Wildman–Crippen LogP) is 0.190. The third-order valence-corrected chi connectivity index (χ3v) is 0.748. The second-order valence-corrected chi connectivity index (χ2v) is 1.52. The highest BCUT2D eigenvalue weighted by Crippen LogP contribution is 1.83. The molecule has 0 fully saturated rings. The first-order valence-electron chi connectivity index (χ1n) is 2.63. The molecule has 0 saturated carbocycles. The molecule has 4 nitrogen and oxygen atoms in total. The fourth-order valence-electron chi connectivity index (χ4n) is 0.324. The highest BCUT2D eigenvalue weighted by molar-refractivity contribution is 5.82. The molecule has 0 bridgehead atoms. The lowest BCUT2D eigenvalue weighted by molar-refractivity contribution is -0.136. The van der Waals surface area contributed by atoms with Gasteiger partial charge in [-0.25, -0.2) is 4.79 Å². The number of esters is 1. The summed E-state index contributed by atoms with van der Waals surface area (Å²) in [6.45, 7) is 0. The van der Waals surface area contributed by atoms with Crippen LogP contribution in [0.25, 0.3) is 0 Å². The Bertz CT molecular complexity index is 159. The van der Waals surface area contributed by atoms with Crippen molar-refractivity contribution in [2.75, 3.05) is 7.11 Å². The molecule has 0 spiro atoms. The minimum Gasteiger partial charge on any atom is -0.481 e. The van der Waals surface area contributed by atoms with Gasteiger partial charge < -0.3 is 9.84 Å². The van der Waals surface area contributed by atoms with Crippen LogP contribution in [0.4, 0.5) is 0 Å². The van der Waals surface area contributed by atoms with Gasteiger partial charge in [-0.2, -0.15) is 0 Å². The standard InChI is InChI=1S/C6H8O4/c1-10-6(9)4-2-3-5(7)8/h2,4H,3H2,1H3,(H,7,8). The van der Waals surface area contributed by atoms with Crippen LogP contribution >= 0.6 is 0 Å². The van der Waals surface area contributed by atoms with Gasteiger partial charge in [-0.05, 0) is 0 Å². The van der Waals surface area contributed by atoms with E-state index < -0.39 is 11.9 Å². The van der Waals surface area contributed by atoms with Crippen molar-refractivity contribution in [3.05, 3.63) is 12.2 Å². The normalized spacial score (nSPS) is 9.70. The zero-order valence-corrected chi connectivity index (χ0v) is 5.53. The summed E-state index contributed by atoms with van der Waals surface area (Å²) in [6, 6.07) is 0. The van der Waals surface area contributed by atoms with Crippen molar-refractivity contribution in [2.45, 2.75) is 6.42 Å². The number of hydrogen-bond donors (Lipinski definition) is 1. The maximum absolute atomic E-state index is 10.3. The molecule has 0 aromatic carbocycles. The van der Waals surface area contributed by atoms with Crippen molar-refractivity contribution in [2.24, 2.45) is 0 Å². The van der Waals surface area contributed by atoms with E-state index in [4.69, 9.17) is 5.11 Å². The lowest BCUT2D eigenvalue weighted by atomic mass is 10.4. The minimum absolute atomic E-state index is 0.158. The van der Waals surface area contributed by atoms with E-state index in [2.05, 4.69) is 4.74 Å². The van der Waals surface area contributed by atoms with Crippen LogP contribution < -0.4 is 0 Å². The molecule has 0 aromatic heterocycles. The van der Waals surface area contributed by atoms with Gasteiger partial charge in [-0.15, -0.1) is 0 Å². The van der Waals surface area contributed by atoms with Crippen molar-refractivity contribution >= 4 is 11.9 Å². The molecular weight excluding hydrogens is 136 g/mol. The van der Waals surface area contributed by atoms with Gasteiger partial charge in [0.1, 0.15) is 0 Å². The van der Waals surface area contributed by atoms with E-state index >= 15 is 0 Å². The number of carboxylic acids is 1. The fraction of sp³-hybridized carbons (Fsp3) is 0.333. The summed E-state index contributed by atoms with van der Waals surface area (Å²) in [5, 5.41) is 8.10. The number of rotatable bonds is 3. The average molecular weight is 144 g/mol. The SMILES string of the molecule is COC(=O)C=CCC(=O)O. The summed E-state index contributed by atoms with van der Waals surface area (Å²) in [5.41, 5.74) is 0. The van der Waals surface area contributed by atoms with E-state index in [9.17, 15) is 9.59 Å². The molecule has 0 aliphatic carbocycles. The largest absolute Gasteiger partial charge is 0.481 e. The van der Waals surface area contributed by atoms with Gasteiger partial charge >= 0.3 is 11.9 Å². The second-order valence-electron chi connectivity index (χ2n) is 1.52. The smallest absolute Gasteiger partial charge is 0.330 e. The van der Waals surface area contributed by atoms with Gasteiger partial charge in [0.15, 0.2) is 0 Å². The van der Waals surface area contributed by atoms with Crippen molar-refractivity contribution in [1.82, 2.24) is 0 Å². The van der Waals surface area contributed by atoms with Crippen LogP contribution in [-0.4, -0.2) is 24.2 Å². The molecule has 10 heavy (non-hydrogen) atoms. The third-order valence-electron chi connectivity index (χ3n) is 0.748. The quantitative estimate of drug-likeness (QED) is 0.453. The molecule has 0 aliphatic heterocycles. The zero-order chi connectivity index (χ0) is 7.98. The highest BCUT2D eigenvalue weighted by Gasteiger charge is 1.92. The Morgan fingerprint density at radius 2 is 2.20 bits per heavy atom. The molecule has 0 aliphatic rings. The van der Waals surface area contributed by atoms with Crippen molar-refractivity contribution in [3.63, 3.8) is 0 Å². The Hall–Kier alpha value is -1.32. The first-order valence-corrected chi connectivity index (χ1v) is 2.63. The molecule has 0 heterocycles. The van der Waals surface area contributed by atoms with Crippen LogP contribution in [0, 0.1) is 0 Å². The van der Waals surface area contributed by atoms with Crippen LogP contribution in [0.2, 0.25) is 0 Å². The van der Waals surface area contributed by atoms with E-state index in [-0.39, 0.29) is 6.42 Å². The van der Waals surface area contributed by atoms with Crippen LogP contribution in [0.5, 0.6) is 0 Å². The van der Waals surface area contributed by atoms with Gasteiger partial charge in [0, 0.05) is 6.08 Å². The maximum Gasteiger partial charge on any atom is 0.330 e. The van der Waals surface area contributed by atoms with Crippen LogP contribution in [0.3, 0.4) is 0 Å². The van der Waals surface area contributed by atoms with E-state index in [1.54, 1.807) is 0 Å². The molecular formula is C6H8O4. The summed E-state index contributed by atoms with van der Waals surface area (Å²) in [7, 11) is 1.23. The van der Waals surface area contributed by atoms with Crippen molar-refractivity contribution in [3.8, 4) is 0 Å². The minimum atomic E-state index is -0.972. The third kappa shape index (κ3) is 4.83. The lowest BCUT2D eigenvalue weighted by Crippen LogP contribution is -1.95. The Morgan fingerprint density at radius 1 is 1.60 bits per heavy atom. The molecule has 0 atom stereocenters. The molecule has 0 aromatic rings. The summed E-state index contributed by atoms with van der Waals surface area (Å²) in [5.74, 6) is -1.51. The fourth-order valence-corrected chi connectivity index (χ4v) is 0.324. The Kier molecular flexibility index (Phi) is 3.95. The van der Waals surface area contributed by atoms with Gasteiger partial charge in [-0.1, -0.05) is 6.08 Å². The lowest BCUT2D eigenvalue weighted by Gasteiger charge is -1.87. The van der Waals surface area contributed by atoms with E-state index in [0.29, 0.717) is 0 Å². The van der Waals surface area contributed by atoms with Crippen LogP contribution in [-0.2, 0) is 14.3 Å². The summed E-state index contributed by atoms with van der Waals surface area (Å²) >= 11 is 0. The Balaban J connectivity index is 3.56. The van der Waals surface area contributed by atoms with Crippen molar-refractivity contribution in [1.29, 1.82) is 0 Å². The molecule has 0 saturated heterocycles. The van der Waals surface area contributed by atoms with Crippen LogP contribution in [0.15, 0.2) is 12.2 Å². The molecule has 1 N–H and O–H groups in total. The summed E-state index contributed by atoms with van der Waals surface area (Å²) in [6.07, 6.45) is 2.15. The number of hydrogen-bond acceptors (Lipinski definition) is 3. The van der Waals surface area contributed by atoms with Crippen molar-refractivity contribution < 1.29 is 19.4 Å². The zero-order valence-electron chi connectivity index (χ0n) is 5.53. The Labute approximate surface area is 58.1 Å². The van der Waals surface area contributed by atoms with Crippen LogP contribution in [0.1, 0.15) is 6.42 Å². The van der Waals surface area contributed by atoms with Gasteiger partial charge in [0.05, 0.1) is 13.5 Å². The maximum atomic E-state index is 10.3.